The molecule has 2 amide bonds. The number of ether oxygens (including phenoxy) is 3. The Morgan fingerprint density at radius 3 is 2.54 bits per heavy atom. The van der Waals surface area contributed by atoms with Gasteiger partial charge >= 0.3 is 5.97 Å². The van der Waals surface area contributed by atoms with Crippen LogP contribution >= 0.6 is 11.8 Å². The average molecular weight is 548 g/mol. The molecule has 5 rings (SSSR count). The number of aromatic carboxylic acids is 1. The van der Waals surface area contributed by atoms with Gasteiger partial charge < -0.3 is 24.6 Å². The third kappa shape index (κ3) is 6.15. The SMILES string of the molecule is CCOc1ccc(N=C2SC(C(=O)Nc3ccc(C(=O)O)cc3)CC(=O)N2Cc2ccc3c(c2)OCO3)cc1. The third-order valence-corrected chi connectivity index (χ3v) is 7.17. The maximum absolute atomic E-state index is 13.4. The first-order valence-electron chi connectivity index (χ1n) is 12.2. The summed E-state index contributed by atoms with van der Waals surface area (Å²) in [7, 11) is 0. The largest absolute Gasteiger partial charge is 0.494 e. The third-order valence-electron chi connectivity index (χ3n) is 5.98. The minimum atomic E-state index is -1.06. The van der Waals surface area contributed by atoms with E-state index in [9.17, 15) is 14.4 Å². The molecule has 1 saturated heterocycles. The van der Waals surface area contributed by atoms with E-state index in [2.05, 4.69) is 5.32 Å². The van der Waals surface area contributed by atoms with Crippen LogP contribution in [0.2, 0.25) is 0 Å². The number of thioether (sulfide) groups is 1. The number of aliphatic imine (C=N–C) groups is 1. The highest BCUT2D eigenvalue weighted by molar-refractivity contribution is 8.15. The van der Waals surface area contributed by atoms with Crippen LogP contribution in [0.25, 0.3) is 0 Å². The summed E-state index contributed by atoms with van der Waals surface area (Å²) in [5.41, 5.74) is 1.98. The Morgan fingerprint density at radius 2 is 1.82 bits per heavy atom. The number of amidine groups is 1. The smallest absolute Gasteiger partial charge is 0.335 e. The van der Waals surface area contributed by atoms with Gasteiger partial charge in [-0.05, 0) is 73.2 Å². The topological polar surface area (TPSA) is 127 Å². The van der Waals surface area contributed by atoms with Crippen LogP contribution in [0.5, 0.6) is 17.2 Å². The molecule has 200 valence electrons. The number of hydrogen-bond acceptors (Lipinski definition) is 8. The zero-order valence-corrected chi connectivity index (χ0v) is 21.8. The van der Waals surface area contributed by atoms with E-state index >= 15 is 0 Å². The number of rotatable bonds is 8. The molecule has 3 aromatic rings. The van der Waals surface area contributed by atoms with E-state index in [0.717, 1.165) is 5.56 Å². The van der Waals surface area contributed by atoms with Crippen molar-refractivity contribution in [2.75, 3.05) is 18.7 Å². The fourth-order valence-corrected chi connectivity index (χ4v) is 5.13. The van der Waals surface area contributed by atoms with Gasteiger partial charge in [-0.3, -0.25) is 14.5 Å². The van der Waals surface area contributed by atoms with Crippen molar-refractivity contribution in [1.82, 2.24) is 4.90 Å². The molecule has 39 heavy (non-hydrogen) atoms. The van der Waals surface area contributed by atoms with Crippen LogP contribution < -0.4 is 19.5 Å². The van der Waals surface area contributed by atoms with Crippen molar-refractivity contribution in [2.45, 2.75) is 25.1 Å². The molecule has 2 aliphatic heterocycles. The molecule has 2 N–H and O–H groups in total. The van der Waals surface area contributed by atoms with Gasteiger partial charge in [0.25, 0.3) is 0 Å². The molecular weight excluding hydrogens is 522 g/mol. The second-order valence-electron chi connectivity index (χ2n) is 8.67. The fourth-order valence-electron chi connectivity index (χ4n) is 4.03. The number of carbonyl (C=O) groups excluding carboxylic acids is 2. The minimum absolute atomic E-state index is 0.0312. The summed E-state index contributed by atoms with van der Waals surface area (Å²) in [5.74, 6) is 0.280. The van der Waals surface area contributed by atoms with Crippen molar-refractivity contribution < 1.29 is 33.7 Å². The molecule has 10 nitrogen and oxygen atoms in total. The van der Waals surface area contributed by atoms with Gasteiger partial charge in [-0.25, -0.2) is 9.79 Å². The van der Waals surface area contributed by atoms with Crippen molar-refractivity contribution in [3.8, 4) is 17.2 Å². The van der Waals surface area contributed by atoms with Crippen LogP contribution in [-0.2, 0) is 16.1 Å². The normalized spacial score (nSPS) is 17.3. The van der Waals surface area contributed by atoms with E-state index in [1.165, 1.54) is 36.0 Å². The summed E-state index contributed by atoms with van der Waals surface area (Å²) < 4.78 is 16.4. The summed E-state index contributed by atoms with van der Waals surface area (Å²) in [6, 6.07) is 18.5. The lowest BCUT2D eigenvalue weighted by Gasteiger charge is -2.32. The lowest BCUT2D eigenvalue weighted by Crippen LogP contribution is -2.44. The van der Waals surface area contributed by atoms with Gasteiger partial charge in [-0.15, -0.1) is 0 Å². The maximum atomic E-state index is 13.4. The number of nitrogens with one attached hydrogen (secondary N) is 1. The number of nitrogens with zero attached hydrogens (tertiary/aromatic N) is 2. The van der Waals surface area contributed by atoms with E-state index in [4.69, 9.17) is 24.3 Å². The number of hydrogen-bond donors (Lipinski definition) is 2. The summed E-state index contributed by atoms with van der Waals surface area (Å²) >= 11 is 1.19. The van der Waals surface area contributed by atoms with Gasteiger partial charge in [0.1, 0.15) is 11.0 Å². The molecule has 0 radical (unpaired) electrons. The van der Waals surface area contributed by atoms with Gasteiger partial charge in [-0.1, -0.05) is 17.8 Å². The predicted octanol–water partition coefficient (Wildman–Crippen LogP) is 4.67. The van der Waals surface area contributed by atoms with Crippen LogP contribution in [-0.4, -0.2) is 51.6 Å². The van der Waals surface area contributed by atoms with Crippen LogP contribution in [0.1, 0.15) is 29.3 Å². The monoisotopic (exact) mass is 547 g/mol. The molecule has 0 saturated carbocycles. The molecule has 0 bridgehead atoms. The Balaban J connectivity index is 1.38. The Bertz CT molecular complexity index is 1420. The predicted molar refractivity (Wildman–Crippen MR) is 146 cm³/mol. The maximum Gasteiger partial charge on any atom is 0.335 e. The second kappa shape index (κ2) is 11.5. The Hall–Kier alpha value is -4.51. The molecule has 3 aromatic carbocycles. The number of carboxylic acids is 1. The summed E-state index contributed by atoms with van der Waals surface area (Å²) in [5, 5.41) is 11.5. The fraction of sp³-hybridized carbons (Fsp3) is 0.214. The van der Waals surface area contributed by atoms with Crippen LogP contribution in [0.4, 0.5) is 11.4 Å². The molecule has 0 spiro atoms. The number of amides is 2. The van der Waals surface area contributed by atoms with Gasteiger partial charge in [-0.2, -0.15) is 0 Å². The first-order chi connectivity index (χ1) is 18.9. The molecule has 11 heteroatoms. The molecule has 0 aliphatic carbocycles. The van der Waals surface area contributed by atoms with Gasteiger partial charge in [0.05, 0.1) is 24.4 Å². The van der Waals surface area contributed by atoms with Crippen LogP contribution in [0.15, 0.2) is 71.7 Å². The minimum Gasteiger partial charge on any atom is -0.494 e. The molecule has 0 aromatic heterocycles. The van der Waals surface area contributed by atoms with E-state index in [0.29, 0.717) is 40.4 Å². The average Bonchev–Trinajstić information content (AvgIpc) is 3.40. The lowest BCUT2D eigenvalue weighted by molar-refractivity contribution is -0.129. The van der Waals surface area contributed by atoms with Crippen molar-refractivity contribution in [1.29, 1.82) is 0 Å². The van der Waals surface area contributed by atoms with Crippen molar-refractivity contribution >= 4 is 46.1 Å². The number of anilines is 1. The van der Waals surface area contributed by atoms with Gasteiger partial charge in [0.15, 0.2) is 16.7 Å². The Morgan fingerprint density at radius 1 is 1.08 bits per heavy atom. The van der Waals surface area contributed by atoms with Crippen LogP contribution in [0, 0.1) is 0 Å². The Kier molecular flexibility index (Phi) is 7.69. The number of carboxylic acid groups (broad SMARTS) is 1. The molecule has 1 fully saturated rings. The highest BCUT2D eigenvalue weighted by atomic mass is 32.2. The number of benzene rings is 3. The first kappa shape index (κ1) is 26.1. The van der Waals surface area contributed by atoms with E-state index in [1.807, 2.05) is 19.1 Å². The highest BCUT2D eigenvalue weighted by Crippen LogP contribution is 2.35. The van der Waals surface area contributed by atoms with Gasteiger partial charge in [0.2, 0.25) is 18.6 Å². The highest BCUT2D eigenvalue weighted by Gasteiger charge is 2.36. The zero-order valence-electron chi connectivity index (χ0n) is 21.0. The van der Waals surface area contributed by atoms with Crippen molar-refractivity contribution in [2.24, 2.45) is 4.99 Å². The Labute approximate surface area is 228 Å². The molecule has 2 aliphatic rings. The van der Waals surface area contributed by atoms with Gasteiger partial charge in [0, 0.05) is 12.1 Å². The number of carbonyl (C=O) groups is 3. The number of fused-ring (bicyclic) bond motifs is 1. The molecule has 1 unspecified atom stereocenters. The quantitative estimate of drug-likeness (QED) is 0.417. The van der Waals surface area contributed by atoms with Crippen molar-refractivity contribution in [3.05, 3.63) is 77.9 Å². The molecule has 2 heterocycles. The van der Waals surface area contributed by atoms with Crippen molar-refractivity contribution in [3.63, 3.8) is 0 Å². The zero-order chi connectivity index (χ0) is 27.4. The molecule has 1 atom stereocenters. The first-order valence-corrected chi connectivity index (χ1v) is 13.1. The second-order valence-corrected chi connectivity index (χ2v) is 9.84. The summed E-state index contributed by atoms with van der Waals surface area (Å²) in [6.07, 6.45) is -0.0312. The standard InChI is InChI=1S/C28H25N3O7S/c1-2-36-21-10-8-20(9-11-21)30-28-31(15-17-3-12-22-23(13-17)38-16-37-22)25(32)14-24(39-28)26(33)29-19-6-4-18(5-7-19)27(34)35/h3-13,24H,2,14-16H2,1H3,(H,29,33)(H,34,35). The van der Waals surface area contributed by atoms with E-state index < -0.39 is 11.2 Å². The van der Waals surface area contributed by atoms with E-state index in [1.54, 1.807) is 35.2 Å². The lowest BCUT2D eigenvalue weighted by atomic mass is 10.1. The van der Waals surface area contributed by atoms with E-state index in [-0.39, 0.29) is 37.1 Å². The van der Waals surface area contributed by atoms with Crippen LogP contribution in [0.3, 0.4) is 0 Å². The summed E-state index contributed by atoms with van der Waals surface area (Å²) in [6.45, 7) is 2.83. The summed E-state index contributed by atoms with van der Waals surface area (Å²) in [4.78, 5) is 43.9. The molecular formula is C28H25N3O7S.